The van der Waals surface area contributed by atoms with Gasteiger partial charge in [-0.25, -0.2) is 0 Å². The monoisotopic (exact) mass is 1150 g/mol. The fraction of sp³-hybridized carbons (Fsp3) is 0.986. The Morgan fingerprint density at radius 2 is 0.613 bits per heavy atom. The molecule has 0 radical (unpaired) electrons. The number of likely N-dealkylation sites (N-methyl/N-ethyl adjacent to an activating group) is 1. The molecule has 0 spiro atoms. The van der Waals surface area contributed by atoms with E-state index in [0.717, 1.165) is 38.5 Å². The van der Waals surface area contributed by atoms with Crippen molar-refractivity contribution in [2.24, 2.45) is 0 Å². The maximum absolute atomic E-state index is 13.1. The number of rotatable bonds is 69. The van der Waals surface area contributed by atoms with Gasteiger partial charge in [0.25, 0.3) is 7.82 Å². The van der Waals surface area contributed by atoms with Crippen LogP contribution in [0.1, 0.15) is 399 Å². The number of unbranched alkanes of at least 4 members (excludes halogenated alkanes) is 56. The van der Waals surface area contributed by atoms with Gasteiger partial charge in [0.15, 0.2) is 0 Å². The zero-order chi connectivity index (χ0) is 58.4. The highest BCUT2D eigenvalue weighted by molar-refractivity contribution is 7.45. The molecule has 0 aliphatic heterocycles. The number of carbonyl (C=O) groups excluding carboxylic acids is 1. The Morgan fingerprint density at radius 1 is 0.388 bits per heavy atom. The lowest BCUT2D eigenvalue weighted by molar-refractivity contribution is -0.870. The highest BCUT2D eigenvalue weighted by Gasteiger charge is 2.24. The second-order valence-corrected chi connectivity index (χ2v) is 28.1. The molecular formula is C71H145N2O6P. The molecule has 2 N–H and O–H groups in total. The van der Waals surface area contributed by atoms with Gasteiger partial charge < -0.3 is 28.8 Å². The normalized spacial score (nSPS) is 13.5. The first-order valence-electron chi connectivity index (χ1n) is 36.4. The summed E-state index contributed by atoms with van der Waals surface area (Å²) in [7, 11) is 1.33. The summed E-state index contributed by atoms with van der Waals surface area (Å²) in [5.41, 5.74) is 0. The minimum atomic E-state index is -4.57. The zero-order valence-corrected chi connectivity index (χ0v) is 56.0. The number of phosphoric ester groups is 1. The molecular weight excluding hydrogens is 1010 g/mol. The van der Waals surface area contributed by atoms with Crippen LogP contribution in [-0.2, 0) is 18.4 Å². The van der Waals surface area contributed by atoms with Gasteiger partial charge in [-0.2, -0.15) is 0 Å². The lowest BCUT2D eigenvalue weighted by Crippen LogP contribution is -2.46. The number of nitrogens with one attached hydrogen (secondary N) is 1. The Morgan fingerprint density at radius 3 is 0.850 bits per heavy atom. The molecule has 0 heterocycles. The number of quaternary nitrogens is 1. The summed E-state index contributed by atoms with van der Waals surface area (Å²) in [6.07, 6.45) is 79.1. The van der Waals surface area contributed by atoms with E-state index in [2.05, 4.69) is 19.2 Å². The summed E-state index contributed by atoms with van der Waals surface area (Å²) in [6, 6.07) is -0.797. The minimum Gasteiger partial charge on any atom is -0.756 e. The smallest absolute Gasteiger partial charge is 0.268 e. The first-order chi connectivity index (χ1) is 39.0. The molecule has 0 saturated carbocycles. The molecule has 0 aromatic carbocycles. The Balaban J connectivity index is 3.90. The van der Waals surface area contributed by atoms with Crippen molar-refractivity contribution in [3.8, 4) is 0 Å². The molecule has 0 aliphatic carbocycles. The minimum absolute atomic E-state index is 0.0170. The predicted molar refractivity (Wildman–Crippen MR) is 349 cm³/mol. The van der Waals surface area contributed by atoms with Crippen molar-refractivity contribution >= 4 is 13.7 Å². The van der Waals surface area contributed by atoms with Crippen LogP contribution in [-0.4, -0.2) is 68.5 Å². The van der Waals surface area contributed by atoms with Gasteiger partial charge in [0.2, 0.25) is 5.91 Å². The van der Waals surface area contributed by atoms with E-state index in [1.807, 2.05) is 21.1 Å². The van der Waals surface area contributed by atoms with Crippen LogP contribution in [0.25, 0.3) is 0 Å². The summed E-state index contributed by atoms with van der Waals surface area (Å²) < 4.78 is 23.5. The van der Waals surface area contributed by atoms with Crippen LogP contribution in [0, 0.1) is 0 Å². The van der Waals surface area contributed by atoms with Crippen molar-refractivity contribution in [2.75, 3.05) is 40.9 Å². The van der Waals surface area contributed by atoms with E-state index in [0.29, 0.717) is 23.9 Å². The molecule has 0 aromatic heterocycles. The SMILES string of the molecule is CCCCCCCCCCCCCCCCCCCCCCCCCCCCCCCCCCCCCCC(=O)NC(COP(=O)([O-])OCC[N+](C)(C)C)C(O)CCCCCCCCCCCCCCCCCCCCCCCC. The summed E-state index contributed by atoms with van der Waals surface area (Å²) in [5, 5.41) is 14.1. The third-order valence-corrected chi connectivity index (χ3v) is 18.3. The molecule has 8 nitrogen and oxygen atoms in total. The van der Waals surface area contributed by atoms with Gasteiger partial charge in [-0.1, -0.05) is 380 Å². The Hall–Kier alpha value is -0.500. The number of aliphatic hydroxyl groups is 1. The largest absolute Gasteiger partial charge is 0.756 e. The molecule has 0 aliphatic rings. The van der Waals surface area contributed by atoms with E-state index < -0.39 is 20.0 Å². The molecule has 9 heteroatoms. The van der Waals surface area contributed by atoms with Crippen molar-refractivity contribution in [1.82, 2.24) is 5.32 Å². The number of carbonyl (C=O) groups is 1. The molecule has 80 heavy (non-hydrogen) atoms. The third-order valence-electron chi connectivity index (χ3n) is 17.3. The average molecular weight is 1150 g/mol. The maximum atomic E-state index is 13.1. The molecule has 1 amide bonds. The quantitative estimate of drug-likeness (QED) is 0.0357. The van der Waals surface area contributed by atoms with Gasteiger partial charge >= 0.3 is 0 Å². The van der Waals surface area contributed by atoms with Gasteiger partial charge in [0.05, 0.1) is 39.9 Å². The average Bonchev–Trinajstić information content (AvgIpc) is 3.43. The Kier molecular flexibility index (Phi) is 62.6. The van der Waals surface area contributed by atoms with Crippen molar-refractivity contribution in [1.29, 1.82) is 0 Å². The highest BCUT2D eigenvalue weighted by atomic mass is 31.2. The van der Waals surface area contributed by atoms with E-state index in [4.69, 9.17) is 9.05 Å². The molecule has 480 valence electrons. The van der Waals surface area contributed by atoms with Crippen LogP contribution in [0.15, 0.2) is 0 Å². The van der Waals surface area contributed by atoms with Crippen LogP contribution in [0.3, 0.4) is 0 Å². The van der Waals surface area contributed by atoms with Crippen LogP contribution >= 0.6 is 7.82 Å². The van der Waals surface area contributed by atoms with E-state index >= 15 is 0 Å². The third kappa shape index (κ3) is 65.1. The Labute approximate surface area is 501 Å². The lowest BCUT2D eigenvalue weighted by atomic mass is 10.0. The summed E-state index contributed by atoms with van der Waals surface area (Å²) in [5.74, 6) is -0.153. The second-order valence-electron chi connectivity index (χ2n) is 26.7. The van der Waals surface area contributed by atoms with Gasteiger partial charge in [-0.05, 0) is 12.8 Å². The van der Waals surface area contributed by atoms with Crippen molar-refractivity contribution < 1.29 is 32.9 Å². The topological polar surface area (TPSA) is 108 Å². The number of phosphoric acid groups is 1. The van der Waals surface area contributed by atoms with E-state index in [-0.39, 0.29) is 19.1 Å². The molecule has 0 aromatic rings. The van der Waals surface area contributed by atoms with E-state index in [1.54, 1.807) is 0 Å². The molecule has 0 bridgehead atoms. The number of hydrogen-bond donors (Lipinski definition) is 2. The summed E-state index contributed by atoms with van der Waals surface area (Å²) in [4.78, 5) is 25.7. The van der Waals surface area contributed by atoms with E-state index in [9.17, 15) is 19.4 Å². The van der Waals surface area contributed by atoms with Crippen molar-refractivity contribution in [2.45, 2.75) is 411 Å². The van der Waals surface area contributed by atoms with Crippen LogP contribution < -0.4 is 10.2 Å². The van der Waals surface area contributed by atoms with Gasteiger partial charge in [-0.15, -0.1) is 0 Å². The van der Waals surface area contributed by atoms with E-state index in [1.165, 1.54) is 334 Å². The van der Waals surface area contributed by atoms with Gasteiger partial charge in [0, 0.05) is 6.42 Å². The molecule has 0 fully saturated rings. The standard InChI is InChI=1S/C71H145N2O6P/c1-6-8-10-12-14-16-18-20-22-24-26-28-30-31-32-33-34-35-36-37-38-39-40-41-42-43-45-47-49-51-53-55-57-59-61-63-65-71(75)72-69(68-79-80(76,77)78-67-66-73(3,4)5)70(74)64-62-60-58-56-54-52-50-48-46-44-29-27-25-23-21-19-17-15-13-11-9-7-2/h69-70,74H,6-68H2,1-5H3,(H-,72,75,76,77). The first-order valence-corrected chi connectivity index (χ1v) is 37.8. The molecule has 3 unspecified atom stereocenters. The van der Waals surface area contributed by atoms with Crippen LogP contribution in [0.2, 0.25) is 0 Å². The Bertz CT molecular complexity index is 1260. The second kappa shape index (κ2) is 63.0. The highest BCUT2D eigenvalue weighted by Crippen LogP contribution is 2.38. The van der Waals surface area contributed by atoms with Crippen molar-refractivity contribution in [3.63, 3.8) is 0 Å². The molecule has 0 rings (SSSR count). The predicted octanol–water partition coefficient (Wildman–Crippen LogP) is 22.5. The van der Waals surface area contributed by atoms with Gasteiger partial charge in [0.1, 0.15) is 13.2 Å². The molecule has 0 saturated heterocycles. The fourth-order valence-electron chi connectivity index (χ4n) is 11.7. The van der Waals surface area contributed by atoms with Crippen molar-refractivity contribution in [3.05, 3.63) is 0 Å². The number of nitrogens with zero attached hydrogens (tertiary/aromatic N) is 1. The number of amides is 1. The number of aliphatic hydroxyl groups excluding tert-OH is 1. The first kappa shape index (κ1) is 79.5. The zero-order valence-electron chi connectivity index (χ0n) is 55.1. The van der Waals surface area contributed by atoms with Crippen LogP contribution in [0.5, 0.6) is 0 Å². The fourth-order valence-corrected chi connectivity index (χ4v) is 12.4. The maximum Gasteiger partial charge on any atom is 0.268 e. The summed E-state index contributed by atoms with van der Waals surface area (Å²) in [6.45, 7) is 4.80. The lowest BCUT2D eigenvalue weighted by Gasteiger charge is -2.30. The molecule has 3 atom stereocenters. The van der Waals surface area contributed by atoms with Gasteiger partial charge in [-0.3, -0.25) is 9.36 Å². The van der Waals surface area contributed by atoms with Crippen LogP contribution in [0.4, 0.5) is 0 Å². The number of hydrogen-bond acceptors (Lipinski definition) is 6. The summed E-state index contributed by atoms with van der Waals surface area (Å²) >= 11 is 0.